The minimum absolute atomic E-state index is 0.951. The number of nitro groups is 2. The van der Waals surface area contributed by atoms with Crippen molar-refractivity contribution >= 4 is 0 Å². The van der Waals surface area contributed by atoms with Gasteiger partial charge in [-0.15, -0.1) is 0 Å². The van der Waals surface area contributed by atoms with E-state index >= 15 is 0 Å². The molecule has 0 saturated carbocycles. The Labute approximate surface area is 44.2 Å². The molecule has 0 aliphatic carbocycles. The number of nitrogens with zero attached hydrogens (tertiary/aromatic N) is 2. The predicted octanol–water partition coefficient (Wildman–Crippen LogP) is -0.548. The van der Waals surface area contributed by atoms with Crippen molar-refractivity contribution in [1.82, 2.24) is 0 Å². The van der Waals surface area contributed by atoms with E-state index < -0.39 is 23.1 Å². The van der Waals surface area contributed by atoms with E-state index in [-0.39, 0.29) is 0 Å². The van der Waals surface area contributed by atoms with Gasteiger partial charge in [0.05, 0.1) is 0 Å². The molecule has 0 radical (unpaired) electrons. The first-order valence-electron chi connectivity index (χ1n) is 1.03. The van der Waals surface area contributed by atoms with Crippen molar-refractivity contribution in [3.8, 4) is 0 Å². The molecule has 0 aromatic heterocycles. The summed E-state index contributed by atoms with van der Waals surface area (Å²) in [5.41, 5.74) is 0. The molecule has 0 aliphatic rings. The number of hydrogen-bond donors (Lipinski definition) is 0. The van der Waals surface area contributed by atoms with Crippen LogP contribution >= 0.6 is 0 Å². The van der Waals surface area contributed by atoms with E-state index in [1.54, 1.807) is 0 Å². The summed E-state index contributed by atoms with van der Waals surface area (Å²) in [5.74, 6) is 0. The van der Waals surface area contributed by atoms with Crippen LogP contribution < -0.4 is 0 Å². The van der Waals surface area contributed by atoms with E-state index in [4.69, 9.17) is 20.2 Å². The summed E-state index contributed by atoms with van der Waals surface area (Å²) in [4.78, 5) is 18.3. The first-order chi connectivity index (χ1) is 3.13. The van der Waals surface area contributed by atoms with Gasteiger partial charge < -0.3 is 0 Å². The monoisotopic (exact) mass is 151 g/mol. The van der Waals surface area contributed by atoms with E-state index in [0.29, 0.717) is 0 Å². The van der Waals surface area contributed by atoms with Gasteiger partial charge in [0.15, 0.2) is 0 Å². The molecule has 0 aliphatic heterocycles. The van der Waals surface area contributed by atoms with Crippen LogP contribution in [0, 0.1) is 20.2 Å². The van der Waals surface area contributed by atoms with Crippen LogP contribution in [-0.4, -0.2) is 7.94 Å². The molecule has 7 heteroatoms. The van der Waals surface area contributed by atoms with Crippen molar-refractivity contribution in [2.45, 2.75) is 0 Å². The molecule has 0 rings (SSSR count). The van der Waals surface area contributed by atoms with E-state index in [2.05, 4.69) is 0 Å². The molecular formula is CoN2O4+3. The first kappa shape index (κ1) is 6.31. The molecular weight excluding hydrogens is 151 g/mol. The third-order valence-electron chi connectivity index (χ3n) is 0.109. The zero-order chi connectivity index (χ0) is 5.86. The SMILES string of the molecule is O=[N+]([O-])[Co+3][N+](=O)[O-]. The Balaban J connectivity index is 3.32. The fourth-order valence-corrected chi connectivity index (χ4v) is 0.183. The quantitative estimate of drug-likeness (QED) is 0.391. The van der Waals surface area contributed by atoms with Crippen molar-refractivity contribution < 1.29 is 23.1 Å². The number of hydrogen-bond acceptors (Lipinski definition) is 4. The Bertz CT molecular complexity index is 85.9. The Morgan fingerprint density at radius 3 is 1.43 bits per heavy atom. The molecule has 6 nitrogen and oxygen atoms in total. The topological polar surface area (TPSA) is 86.3 Å². The van der Waals surface area contributed by atoms with Gasteiger partial charge in [-0.05, 0) is 0 Å². The number of rotatable bonds is 2. The van der Waals surface area contributed by atoms with Crippen molar-refractivity contribution in [3.63, 3.8) is 0 Å². The molecule has 7 heavy (non-hydrogen) atoms. The zero-order valence-electron chi connectivity index (χ0n) is 2.86. The maximum absolute atomic E-state index is 9.16. The normalized spacial score (nSPS) is 8.00. The van der Waals surface area contributed by atoms with Crippen molar-refractivity contribution in [2.75, 3.05) is 0 Å². The third-order valence-corrected chi connectivity index (χ3v) is 0.449. The second-order valence-corrected chi connectivity index (χ2v) is 1.43. The molecule has 0 atom stereocenters. The van der Waals surface area contributed by atoms with Gasteiger partial charge in [0, 0.05) is 0 Å². The Morgan fingerprint density at radius 1 is 1.14 bits per heavy atom. The Morgan fingerprint density at radius 2 is 1.43 bits per heavy atom. The maximum atomic E-state index is 9.16. The van der Waals surface area contributed by atoms with Crippen LogP contribution in [0.3, 0.4) is 0 Å². The molecule has 0 aromatic rings. The summed E-state index contributed by atoms with van der Waals surface area (Å²) in [6, 6.07) is 0. The predicted molar refractivity (Wildman–Crippen MR) is 14.0 cm³/mol. The van der Waals surface area contributed by atoms with Crippen LogP contribution in [0.2, 0.25) is 0 Å². The van der Waals surface area contributed by atoms with Crippen molar-refractivity contribution in [2.24, 2.45) is 0 Å². The molecule has 0 heterocycles. The third kappa shape index (κ3) is 5.31. The van der Waals surface area contributed by atoms with Gasteiger partial charge in [0.1, 0.15) is 0 Å². The summed E-state index contributed by atoms with van der Waals surface area (Å²) < 4.78 is -2.06. The average molecular weight is 151 g/mol. The Hall–Kier alpha value is -0.694. The van der Waals surface area contributed by atoms with E-state index in [0.717, 1.165) is 0 Å². The molecule has 0 spiro atoms. The van der Waals surface area contributed by atoms with Crippen LogP contribution in [0.15, 0.2) is 0 Å². The van der Waals surface area contributed by atoms with Crippen LogP contribution in [0.4, 0.5) is 0 Å². The first-order valence-corrected chi connectivity index (χ1v) is 1.96. The van der Waals surface area contributed by atoms with Gasteiger partial charge in [-0.25, -0.2) is 0 Å². The molecule has 0 amide bonds. The molecule has 0 saturated heterocycles. The van der Waals surface area contributed by atoms with Crippen LogP contribution in [-0.2, 0) is 15.1 Å². The van der Waals surface area contributed by atoms with Gasteiger partial charge >= 0.3 is 43.3 Å². The Kier molecular flexibility index (Phi) is 2.23. The van der Waals surface area contributed by atoms with Crippen LogP contribution in [0.5, 0.6) is 0 Å². The van der Waals surface area contributed by atoms with Crippen LogP contribution in [0.1, 0.15) is 0 Å². The molecule has 40 valence electrons. The minimum atomic E-state index is -1.03. The average Bonchev–Trinajstić information content (AvgIpc) is 1.27. The zero-order valence-corrected chi connectivity index (χ0v) is 3.90. The van der Waals surface area contributed by atoms with Crippen molar-refractivity contribution in [3.05, 3.63) is 20.2 Å². The van der Waals surface area contributed by atoms with Gasteiger partial charge in [0.25, 0.3) is 0 Å². The van der Waals surface area contributed by atoms with Gasteiger partial charge in [-0.1, -0.05) is 0 Å². The summed E-state index contributed by atoms with van der Waals surface area (Å²) in [7, 11) is 0. The van der Waals surface area contributed by atoms with Gasteiger partial charge in [-0.3, -0.25) is 0 Å². The molecule has 0 N–H and O–H groups in total. The van der Waals surface area contributed by atoms with E-state index in [1.165, 1.54) is 0 Å². The molecule has 0 bridgehead atoms. The van der Waals surface area contributed by atoms with Crippen LogP contribution in [0.25, 0.3) is 0 Å². The summed E-state index contributed by atoms with van der Waals surface area (Å²) in [6.07, 6.45) is 0. The summed E-state index contributed by atoms with van der Waals surface area (Å²) in [6.45, 7) is 0. The van der Waals surface area contributed by atoms with Gasteiger partial charge in [-0.2, -0.15) is 0 Å². The fourth-order valence-electron chi connectivity index (χ4n) is 0.0444. The fraction of sp³-hybridized carbons (Fsp3) is 0. The summed E-state index contributed by atoms with van der Waals surface area (Å²) >= 11 is -0.951. The van der Waals surface area contributed by atoms with Gasteiger partial charge in [0.2, 0.25) is 0 Å². The second kappa shape index (κ2) is 2.47. The van der Waals surface area contributed by atoms with E-state index in [1.807, 2.05) is 0 Å². The molecule has 0 unspecified atom stereocenters. The van der Waals surface area contributed by atoms with Crippen molar-refractivity contribution in [1.29, 1.82) is 0 Å². The molecule has 0 aromatic carbocycles. The summed E-state index contributed by atoms with van der Waals surface area (Å²) in [5, 5.41) is 18.3. The molecule has 0 fully saturated rings. The van der Waals surface area contributed by atoms with E-state index in [9.17, 15) is 0 Å². The standard InChI is InChI=1S/Co.2NO2/c;2*2-1-3/q+3;;. The second-order valence-electron chi connectivity index (χ2n) is 0.459.